The van der Waals surface area contributed by atoms with E-state index in [4.69, 9.17) is 0 Å². The molecule has 1 aliphatic rings. The van der Waals surface area contributed by atoms with Gasteiger partial charge in [-0.25, -0.2) is 4.98 Å². The Kier molecular flexibility index (Phi) is 4.53. The molecular weight excluding hydrogens is 362 g/mol. The molecule has 9 heteroatoms. The van der Waals surface area contributed by atoms with E-state index in [9.17, 15) is 4.79 Å². The van der Waals surface area contributed by atoms with Gasteiger partial charge in [0.05, 0.1) is 10.2 Å². The minimum atomic E-state index is -0.00826. The number of nitrogens with zero attached hydrogens (tertiary/aromatic N) is 5. The van der Waals surface area contributed by atoms with Crippen LogP contribution in [0.3, 0.4) is 0 Å². The number of thiophene rings is 1. The lowest BCUT2D eigenvalue weighted by molar-refractivity contribution is -0.131. The van der Waals surface area contributed by atoms with E-state index in [1.165, 1.54) is 6.08 Å². The lowest BCUT2D eigenvalue weighted by Crippen LogP contribution is -2.51. The van der Waals surface area contributed by atoms with Crippen molar-refractivity contribution in [1.82, 2.24) is 24.6 Å². The second kappa shape index (κ2) is 6.99. The maximum atomic E-state index is 11.6. The summed E-state index contributed by atoms with van der Waals surface area (Å²) in [4.78, 5) is 22.6. The summed E-state index contributed by atoms with van der Waals surface area (Å²) in [6.45, 7) is 7.77. The summed E-state index contributed by atoms with van der Waals surface area (Å²) in [6, 6.07) is 3.93. The van der Waals surface area contributed by atoms with Gasteiger partial charge in [0, 0.05) is 44.4 Å². The Bertz CT molecular complexity index is 983. The molecule has 140 valence electrons. The van der Waals surface area contributed by atoms with Gasteiger partial charge in [0.2, 0.25) is 11.9 Å². The van der Waals surface area contributed by atoms with Crippen molar-refractivity contribution in [3.63, 3.8) is 0 Å². The van der Waals surface area contributed by atoms with E-state index in [1.807, 2.05) is 31.5 Å². The molecule has 1 aliphatic heterocycles. The van der Waals surface area contributed by atoms with Crippen LogP contribution >= 0.6 is 11.3 Å². The number of aromatic nitrogens is 4. The quantitative estimate of drug-likeness (QED) is 0.636. The van der Waals surface area contributed by atoms with Crippen molar-refractivity contribution in [3.8, 4) is 0 Å². The fourth-order valence-electron chi connectivity index (χ4n) is 3.02. The predicted molar refractivity (Wildman–Crippen MR) is 107 cm³/mol. The smallest absolute Gasteiger partial charge is 0.245 e. The molecule has 3 aromatic rings. The van der Waals surface area contributed by atoms with Crippen molar-refractivity contribution >= 4 is 45.0 Å². The molecule has 4 heterocycles. The van der Waals surface area contributed by atoms with Gasteiger partial charge in [-0.15, -0.1) is 11.3 Å². The number of likely N-dealkylation sites (tertiary alicyclic amines) is 1. The average Bonchev–Trinajstić information content (AvgIpc) is 3.19. The molecule has 1 amide bonds. The van der Waals surface area contributed by atoms with Gasteiger partial charge in [-0.05, 0) is 24.4 Å². The standard InChI is InChI=1S/C18H21N7OS/c1-4-15(26)25-9-12(10-25)8-19-17-16-13(5-6-27-16)20-18(22-17)21-14-7-11(2)24(3)23-14/h4-7,12H,1,8-10H2,2-3H3,(H2,19,20,21,22,23). The monoisotopic (exact) mass is 383 g/mol. The number of carbonyl (C=O) groups is 1. The SMILES string of the molecule is C=CC(=O)N1CC(CNc2nc(Nc3cc(C)n(C)n3)nc3ccsc23)C1. The summed E-state index contributed by atoms with van der Waals surface area (Å²) in [6.07, 6.45) is 1.36. The molecule has 4 rings (SSSR count). The highest BCUT2D eigenvalue weighted by molar-refractivity contribution is 7.17. The van der Waals surface area contributed by atoms with Gasteiger partial charge in [-0.2, -0.15) is 10.1 Å². The number of carbonyl (C=O) groups excluding carboxylic acids is 1. The summed E-state index contributed by atoms with van der Waals surface area (Å²) in [5, 5.41) is 13.0. The number of rotatable bonds is 6. The highest BCUT2D eigenvalue weighted by Gasteiger charge is 2.29. The zero-order chi connectivity index (χ0) is 19.0. The van der Waals surface area contributed by atoms with Gasteiger partial charge in [-0.1, -0.05) is 6.58 Å². The fraction of sp³-hybridized carbons (Fsp3) is 0.333. The number of hydrogen-bond acceptors (Lipinski definition) is 7. The van der Waals surface area contributed by atoms with Crippen LogP contribution in [-0.4, -0.2) is 50.2 Å². The van der Waals surface area contributed by atoms with Gasteiger partial charge in [0.15, 0.2) is 5.82 Å². The Labute approximate surface area is 160 Å². The highest BCUT2D eigenvalue weighted by Crippen LogP contribution is 2.29. The first-order valence-corrected chi connectivity index (χ1v) is 9.59. The lowest BCUT2D eigenvalue weighted by atomic mass is 10.00. The zero-order valence-corrected chi connectivity index (χ0v) is 16.1. The first kappa shape index (κ1) is 17.5. The van der Waals surface area contributed by atoms with Crippen LogP contribution in [0.5, 0.6) is 0 Å². The van der Waals surface area contributed by atoms with Crippen molar-refractivity contribution < 1.29 is 4.79 Å². The highest BCUT2D eigenvalue weighted by atomic mass is 32.1. The van der Waals surface area contributed by atoms with E-state index in [0.29, 0.717) is 17.7 Å². The third kappa shape index (κ3) is 3.50. The minimum Gasteiger partial charge on any atom is -0.368 e. The molecular formula is C18H21N7OS. The van der Waals surface area contributed by atoms with Crippen LogP contribution in [0.1, 0.15) is 5.69 Å². The van der Waals surface area contributed by atoms with Crippen LogP contribution in [0.2, 0.25) is 0 Å². The third-order valence-electron chi connectivity index (χ3n) is 4.66. The number of amides is 1. The Morgan fingerprint density at radius 3 is 2.96 bits per heavy atom. The van der Waals surface area contributed by atoms with E-state index >= 15 is 0 Å². The number of nitrogens with one attached hydrogen (secondary N) is 2. The average molecular weight is 383 g/mol. The predicted octanol–water partition coefficient (Wildman–Crippen LogP) is 2.53. The van der Waals surface area contributed by atoms with Crippen LogP contribution in [0.4, 0.5) is 17.6 Å². The van der Waals surface area contributed by atoms with Gasteiger partial charge in [-0.3, -0.25) is 9.48 Å². The van der Waals surface area contributed by atoms with Crippen molar-refractivity contribution in [2.45, 2.75) is 6.92 Å². The molecule has 3 aromatic heterocycles. The van der Waals surface area contributed by atoms with Gasteiger partial charge >= 0.3 is 0 Å². The maximum Gasteiger partial charge on any atom is 0.245 e. The summed E-state index contributed by atoms with van der Waals surface area (Å²) in [7, 11) is 1.90. The lowest BCUT2D eigenvalue weighted by Gasteiger charge is -2.38. The van der Waals surface area contributed by atoms with Crippen LogP contribution in [0.25, 0.3) is 10.2 Å². The molecule has 0 aromatic carbocycles. The topological polar surface area (TPSA) is 88.0 Å². The van der Waals surface area contributed by atoms with E-state index in [-0.39, 0.29) is 5.91 Å². The Hall–Kier alpha value is -2.94. The molecule has 0 bridgehead atoms. The molecule has 0 unspecified atom stereocenters. The van der Waals surface area contributed by atoms with Gasteiger partial charge in [0.25, 0.3) is 0 Å². The molecule has 0 spiro atoms. The van der Waals surface area contributed by atoms with Crippen LogP contribution in [0, 0.1) is 12.8 Å². The van der Waals surface area contributed by atoms with Crippen LogP contribution < -0.4 is 10.6 Å². The van der Waals surface area contributed by atoms with E-state index in [1.54, 1.807) is 20.9 Å². The Balaban J connectivity index is 1.48. The summed E-state index contributed by atoms with van der Waals surface area (Å²) in [5.74, 6) is 2.44. The third-order valence-corrected chi connectivity index (χ3v) is 5.57. The summed E-state index contributed by atoms with van der Waals surface area (Å²) >= 11 is 1.61. The van der Waals surface area contributed by atoms with E-state index < -0.39 is 0 Å². The zero-order valence-electron chi connectivity index (χ0n) is 15.3. The largest absolute Gasteiger partial charge is 0.368 e. The van der Waals surface area contributed by atoms with Crippen LogP contribution in [-0.2, 0) is 11.8 Å². The Morgan fingerprint density at radius 1 is 1.44 bits per heavy atom. The number of anilines is 3. The van der Waals surface area contributed by atoms with E-state index in [2.05, 4.69) is 32.3 Å². The Morgan fingerprint density at radius 2 is 2.26 bits per heavy atom. The summed E-state index contributed by atoms with van der Waals surface area (Å²) < 4.78 is 2.83. The molecule has 27 heavy (non-hydrogen) atoms. The molecule has 0 radical (unpaired) electrons. The normalized spacial score (nSPS) is 14.2. The van der Waals surface area contributed by atoms with Crippen molar-refractivity contribution in [3.05, 3.63) is 35.9 Å². The molecule has 2 N–H and O–H groups in total. The van der Waals surface area contributed by atoms with Crippen molar-refractivity contribution in [1.29, 1.82) is 0 Å². The van der Waals surface area contributed by atoms with Gasteiger partial charge in [0.1, 0.15) is 5.82 Å². The summed E-state index contributed by atoms with van der Waals surface area (Å²) in [5.41, 5.74) is 1.95. The molecule has 1 fully saturated rings. The van der Waals surface area contributed by atoms with Gasteiger partial charge < -0.3 is 15.5 Å². The first-order chi connectivity index (χ1) is 13.0. The fourth-order valence-corrected chi connectivity index (χ4v) is 3.82. The number of aryl methyl sites for hydroxylation is 2. The number of fused-ring (bicyclic) bond motifs is 1. The second-order valence-electron chi connectivity index (χ2n) is 6.64. The van der Waals surface area contributed by atoms with Crippen molar-refractivity contribution in [2.75, 3.05) is 30.3 Å². The first-order valence-electron chi connectivity index (χ1n) is 8.71. The molecule has 0 saturated carbocycles. The number of hydrogen-bond donors (Lipinski definition) is 2. The molecule has 8 nitrogen and oxygen atoms in total. The second-order valence-corrected chi connectivity index (χ2v) is 7.56. The van der Waals surface area contributed by atoms with Crippen LogP contribution in [0.15, 0.2) is 30.2 Å². The minimum absolute atomic E-state index is 0.00826. The maximum absolute atomic E-state index is 11.6. The molecule has 1 saturated heterocycles. The van der Waals surface area contributed by atoms with E-state index in [0.717, 1.165) is 41.4 Å². The van der Waals surface area contributed by atoms with Crippen molar-refractivity contribution in [2.24, 2.45) is 13.0 Å². The molecule has 0 aliphatic carbocycles. The molecule has 0 atom stereocenters.